The van der Waals surface area contributed by atoms with Gasteiger partial charge in [0.1, 0.15) is 11.6 Å². The SMILES string of the molecule is Cc1cc(N)c(C(=O)Nc2cc(F)c(C)cc2F)cn1. The van der Waals surface area contributed by atoms with Gasteiger partial charge in [-0.15, -0.1) is 0 Å². The molecule has 2 aromatic rings. The van der Waals surface area contributed by atoms with Crippen LogP contribution in [0.4, 0.5) is 20.2 Å². The van der Waals surface area contributed by atoms with Crippen LogP contribution in [-0.4, -0.2) is 10.9 Å². The van der Waals surface area contributed by atoms with Gasteiger partial charge in [0.25, 0.3) is 5.91 Å². The molecular weight excluding hydrogens is 264 g/mol. The highest BCUT2D eigenvalue weighted by atomic mass is 19.1. The van der Waals surface area contributed by atoms with Crippen LogP contribution in [0.25, 0.3) is 0 Å². The molecule has 0 spiro atoms. The molecule has 6 heteroatoms. The number of aromatic nitrogens is 1. The molecule has 1 heterocycles. The zero-order valence-electron chi connectivity index (χ0n) is 11.0. The molecule has 0 saturated heterocycles. The minimum Gasteiger partial charge on any atom is -0.398 e. The average Bonchev–Trinajstić information content (AvgIpc) is 2.35. The predicted octanol–water partition coefficient (Wildman–Crippen LogP) is 2.81. The summed E-state index contributed by atoms with van der Waals surface area (Å²) < 4.78 is 27.0. The van der Waals surface area contributed by atoms with Crippen LogP contribution in [0.2, 0.25) is 0 Å². The van der Waals surface area contributed by atoms with Crippen LogP contribution in [0, 0.1) is 25.5 Å². The number of nitrogen functional groups attached to an aromatic ring is 1. The van der Waals surface area contributed by atoms with Crippen LogP contribution in [0.3, 0.4) is 0 Å². The molecule has 20 heavy (non-hydrogen) atoms. The van der Waals surface area contributed by atoms with Gasteiger partial charge >= 0.3 is 0 Å². The number of benzene rings is 1. The molecule has 1 aromatic carbocycles. The largest absolute Gasteiger partial charge is 0.398 e. The van der Waals surface area contributed by atoms with Gasteiger partial charge in [0, 0.05) is 23.6 Å². The number of halogens is 2. The molecule has 0 saturated carbocycles. The Labute approximate surface area is 114 Å². The molecule has 1 amide bonds. The van der Waals surface area contributed by atoms with Gasteiger partial charge < -0.3 is 11.1 Å². The van der Waals surface area contributed by atoms with E-state index in [0.29, 0.717) is 5.69 Å². The van der Waals surface area contributed by atoms with E-state index >= 15 is 0 Å². The highest BCUT2D eigenvalue weighted by Crippen LogP contribution is 2.20. The van der Waals surface area contributed by atoms with E-state index in [1.807, 2.05) is 0 Å². The molecule has 0 unspecified atom stereocenters. The maximum absolute atomic E-state index is 13.6. The van der Waals surface area contributed by atoms with E-state index in [2.05, 4.69) is 10.3 Å². The van der Waals surface area contributed by atoms with Crippen LogP contribution in [0.15, 0.2) is 24.4 Å². The Kier molecular flexibility index (Phi) is 3.65. The van der Waals surface area contributed by atoms with Crippen molar-refractivity contribution in [2.45, 2.75) is 13.8 Å². The Morgan fingerprint density at radius 3 is 2.55 bits per heavy atom. The minimum atomic E-state index is -0.712. The molecule has 2 rings (SSSR count). The summed E-state index contributed by atoms with van der Waals surface area (Å²) in [6.07, 6.45) is 1.29. The van der Waals surface area contributed by atoms with E-state index in [1.165, 1.54) is 19.2 Å². The number of carbonyl (C=O) groups is 1. The van der Waals surface area contributed by atoms with Crippen LogP contribution < -0.4 is 11.1 Å². The van der Waals surface area contributed by atoms with Crippen molar-refractivity contribution >= 4 is 17.3 Å². The zero-order chi connectivity index (χ0) is 14.9. The molecule has 1 aromatic heterocycles. The molecule has 0 aliphatic heterocycles. The van der Waals surface area contributed by atoms with Crippen molar-refractivity contribution in [3.63, 3.8) is 0 Å². The number of carbonyl (C=O) groups excluding carboxylic acids is 1. The molecule has 0 aliphatic rings. The van der Waals surface area contributed by atoms with E-state index < -0.39 is 17.5 Å². The second-order valence-corrected chi connectivity index (χ2v) is 4.45. The quantitative estimate of drug-likeness (QED) is 0.887. The summed E-state index contributed by atoms with van der Waals surface area (Å²) in [5.41, 5.74) is 6.62. The number of aryl methyl sites for hydroxylation is 2. The summed E-state index contributed by atoms with van der Waals surface area (Å²) in [6, 6.07) is 3.48. The fourth-order valence-electron chi connectivity index (χ4n) is 1.70. The normalized spacial score (nSPS) is 10.4. The second kappa shape index (κ2) is 5.24. The van der Waals surface area contributed by atoms with Crippen molar-refractivity contribution in [2.24, 2.45) is 0 Å². The molecule has 104 valence electrons. The molecule has 0 bridgehead atoms. The summed E-state index contributed by atoms with van der Waals surface area (Å²) in [5, 5.41) is 2.28. The first-order chi connectivity index (χ1) is 9.38. The lowest BCUT2D eigenvalue weighted by atomic mass is 10.1. The van der Waals surface area contributed by atoms with Gasteiger partial charge in [-0.1, -0.05) is 0 Å². The third kappa shape index (κ3) is 2.74. The van der Waals surface area contributed by atoms with Gasteiger partial charge in [-0.3, -0.25) is 9.78 Å². The third-order valence-electron chi connectivity index (χ3n) is 2.81. The van der Waals surface area contributed by atoms with Gasteiger partial charge in [0.05, 0.1) is 11.3 Å². The number of nitrogens with zero attached hydrogens (tertiary/aromatic N) is 1. The van der Waals surface area contributed by atoms with Gasteiger partial charge in [-0.25, -0.2) is 8.78 Å². The lowest BCUT2D eigenvalue weighted by molar-refractivity contribution is 0.102. The standard InChI is InChI=1S/C14H13F2N3O/c1-7-3-11(16)13(5-10(7)15)19-14(20)9-6-18-8(2)4-12(9)17/h3-6H,1-2H3,(H2,17,18)(H,19,20). The first kappa shape index (κ1) is 13.9. The third-order valence-corrected chi connectivity index (χ3v) is 2.81. The highest BCUT2D eigenvalue weighted by molar-refractivity contribution is 6.07. The lowest BCUT2D eigenvalue weighted by Gasteiger charge is -2.09. The second-order valence-electron chi connectivity index (χ2n) is 4.45. The molecule has 3 N–H and O–H groups in total. The zero-order valence-corrected chi connectivity index (χ0v) is 11.0. The van der Waals surface area contributed by atoms with Crippen molar-refractivity contribution in [1.82, 2.24) is 4.98 Å². The molecule has 0 radical (unpaired) electrons. The minimum absolute atomic E-state index is 0.107. The number of hydrogen-bond acceptors (Lipinski definition) is 3. The number of rotatable bonds is 2. The maximum Gasteiger partial charge on any atom is 0.259 e. The Balaban J connectivity index is 2.30. The average molecular weight is 277 g/mol. The van der Waals surface area contributed by atoms with Gasteiger partial charge in [-0.2, -0.15) is 0 Å². The van der Waals surface area contributed by atoms with E-state index in [1.54, 1.807) is 6.92 Å². The smallest absolute Gasteiger partial charge is 0.259 e. The summed E-state index contributed by atoms with van der Waals surface area (Å²) in [4.78, 5) is 15.9. The monoisotopic (exact) mass is 277 g/mol. The molecule has 4 nitrogen and oxygen atoms in total. The van der Waals surface area contributed by atoms with Gasteiger partial charge in [0.2, 0.25) is 0 Å². The van der Waals surface area contributed by atoms with Crippen molar-refractivity contribution in [1.29, 1.82) is 0 Å². The van der Waals surface area contributed by atoms with Crippen LogP contribution in [0.5, 0.6) is 0 Å². The molecule has 0 atom stereocenters. The van der Waals surface area contributed by atoms with Gasteiger partial charge in [-0.05, 0) is 31.5 Å². The molecule has 0 fully saturated rings. The number of nitrogens with two attached hydrogens (primary N) is 1. The first-order valence-electron chi connectivity index (χ1n) is 5.87. The Bertz CT molecular complexity index is 686. The topological polar surface area (TPSA) is 68.0 Å². The van der Waals surface area contributed by atoms with E-state index in [9.17, 15) is 13.6 Å². The summed E-state index contributed by atoms with van der Waals surface area (Å²) in [5.74, 6) is -1.95. The number of anilines is 2. The molecular formula is C14H13F2N3O. The van der Waals surface area contributed by atoms with Gasteiger partial charge in [0.15, 0.2) is 0 Å². The fraction of sp³-hybridized carbons (Fsp3) is 0.143. The maximum atomic E-state index is 13.6. The summed E-state index contributed by atoms with van der Waals surface area (Å²) in [7, 11) is 0. The first-order valence-corrected chi connectivity index (χ1v) is 5.87. The predicted molar refractivity (Wildman–Crippen MR) is 72.4 cm³/mol. The van der Waals surface area contributed by atoms with Crippen molar-refractivity contribution in [2.75, 3.05) is 11.1 Å². The Morgan fingerprint density at radius 1 is 1.20 bits per heavy atom. The summed E-state index contributed by atoms with van der Waals surface area (Å²) in [6.45, 7) is 3.17. The Morgan fingerprint density at radius 2 is 1.90 bits per heavy atom. The summed E-state index contributed by atoms with van der Waals surface area (Å²) >= 11 is 0. The van der Waals surface area contributed by atoms with Crippen LogP contribution >= 0.6 is 0 Å². The fourth-order valence-corrected chi connectivity index (χ4v) is 1.70. The lowest BCUT2D eigenvalue weighted by Crippen LogP contribution is -2.16. The molecule has 0 aliphatic carbocycles. The Hall–Kier alpha value is -2.50. The van der Waals surface area contributed by atoms with E-state index in [4.69, 9.17) is 5.73 Å². The highest BCUT2D eigenvalue weighted by Gasteiger charge is 2.14. The van der Waals surface area contributed by atoms with E-state index in [-0.39, 0.29) is 22.5 Å². The van der Waals surface area contributed by atoms with Crippen molar-refractivity contribution in [3.05, 3.63) is 52.9 Å². The van der Waals surface area contributed by atoms with E-state index in [0.717, 1.165) is 12.1 Å². The van der Waals surface area contributed by atoms with Crippen LogP contribution in [-0.2, 0) is 0 Å². The van der Waals surface area contributed by atoms with Crippen LogP contribution in [0.1, 0.15) is 21.6 Å². The van der Waals surface area contributed by atoms with Crippen molar-refractivity contribution in [3.8, 4) is 0 Å². The number of hydrogen-bond donors (Lipinski definition) is 2. The van der Waals surface area contributed by atoms with Crippen molar-refractivity contribution < 1.29 is 13.6 Å². The number of amides is 1. The number of nitrogens with one attached hydrogen (secondary N) is 1. The number of pyridine rings is 1.